The third-order valence-corrected chi connectivity index (χ3v) is 4.62. The monoisotopic (exact) mass is 353 g/mol. The van der Waals surface area contributed by atoms with Crippen LogP contribution in [0.4, 0.5) is 5.82 Å². The van der Waals surface area contributed by atoms with Crippen molar-refractivity contribution >= 4 is 32.7 Å². The van der Waals surface area contributed by atoms with E-state index in [9.17, 15) is 0 Å². The highest BCUT2D eigenvalue weighted by Crippen LogP contribution is 2.29. The van der Waals surface area contributed by atoms with Gasteiger partial charge in [0.1, 0.15) is 5.82 Å². The summed E-state index contributed by atoms with van der Waals surface area (Å²) in [5, 5.41) is 1.14. The van der Waals surface area contributed by atoms with Crippen LogP contribution in [-0.4, -0.2) is 23.1 Å². The van der Waals surface area contributed by atoms with Gasteiger partial charge in [-0.25, -0.2) is 9.97 Å². The third-order valence-electron chi connectivity index (χ3n) is 4.09. The smallest absolute Gasteiger partial charge is 0.162 e. The van der Waals surface area contributed by atoms with E-state index in [1.807, 2.05) is 18.2 Å². The Labute approximate surface area is 138 Å². The molecule has 0 spiro atoms. The number of anilines is 1. The lowest BCUT2D eigenvalue weighted by molar-refractivity contribution is 0.941. The Bertz CT molecular complexity index is 808. The lowest BCUT2D eigenvalue weighted by atomic mass is 10.2. The highest BCUT2D eigenvalue weighted by atomic mass is 79.9. The Morgan fingerprint density at radius 3 is 2.36 bits per heavy atom. The van der Waals surface area contributed by atoms with E-state index in [1.54, 1.807) is 0 Å². The van der Waals surface area contributed by atoms with Crippen LogP contribution in [0.25, 0.3) is 22.3 Å². The molecule has 2 aromatic carbocycles. The second kappa shape index (κ2) is 5.69. The molecular weight excluding hydrogens is 338 g/mol. The van der Waals surface area contributed by atoms with Crippen molar-refractivity contribution in [2.24, 2.45) is 0 Å². The van der Waals surface area contributed by atoms with Gasteiger partial charge >= 0.3 is 0 Å². The zero-order valence-corrected chi connectivity index (χ0v) is 13.8. The van der Waals surface area contributed by atoms with Crippen molar-refractivity contribution in [3.63, 3.8) is 0 Å². The van der Waals surface area contributed by atoms with Gasteiger partial charge < -0.3 is 4.90 Å². The van der Waals surface area contributed by atoms with E-state index in [1.165, 1.54) is 12.8 Å². The molecule has 0 aliphatic carbocycles. The molecule has 110 valence electrons. The molecule has 1 aliphatic heterocycles. The fraction of sp³-hybridized carbons (Fsp3) is 0.222. The molecule has 1 aliphatic rings. The normalized spacial score (nSPS) is 14.7. The number of halogens is 1. The van der Waals surface area contributed by atoms with E-state index in [0.717, 1.165) is 45.7 Å². The number of rotatable bonds is 2. The summed E-state index contributed by atoms with van der Waals surface area (Å²) in [4.78, 5) is 12.0. The van der Waals surface area contributed by atoms with Gasteiger partial charge in [-0.3, -0.25) is 0 Å². The molecule has 2 heterocycles. The lowest BCUT2D eigenvalue weighted by Crippen LogP contribution is -2.19. The molecular formula is C18H16BrN3. The maximum Gasteiger partial charge on any atom is 0.162 e. The Kier molecular flexibility index (Phi) is 3.54. The molecule has 0 N–H and O–H groups in total. The first-order chi connectivity index (χ1) is 10.8. The quantitative estimate of drug-likeness (QED) is 0.670. The number of benzene rings is 2. The summed E-state index contributed by atoms with van der Waals surface area (Å²) in [5.74, 6) is 1.87. The maximum absolute atomic E-state index is 4.88. The minimum atomic E-state index is 0.799. The minimum Gasteiger partial charge on any atom is -0.356 e. The lowest BCUT2D eigenvalue weighted by Gasteiger charge is -2.19. The molecule has 1 fully saturated rings. The molecule has 1 aromatic heterocycles. The fourth-order valence-corrected chi connectivity index (χ4v) is 3.22. The third kappa shape index (κ3) is 2.48. The second-order valence-corrected chi connectivity index (χ2v) is 6.50. The van der Waals surface area contributed by atoms with E-state index < -0.39 is 0 Å². The molecule has 0 radical (unpaired) electrons. The average Bonchev–Trinajstić information content (AvgIpc) is 3.09. The standard InChI is InChI=1S/C18H16BrN3/c19-14-9-7-13(8-10-14)17-20-16-6-2-1-5-15(16)18(21-17)22-11-3-4-12-22/h1-2,5-10H,3-4,11-12H2. The zero-order chi connectivity index (χ0) is 14.9. The van der Waals surface area contributed by atoms with Gasteiger partial charge in [-0.2, -0.15) is 0 Å². The number of nitrogens with zero attached hydrogens (tertiary/aromatic N) is 3. The maximum atomic E-state index is 4.88. The van der Waals surface area contributed by atoms with Crippen molar-refractivity contribution in [3.8, 4) is 11.4 Å². The zero-order valence-electron chi connectivity index (χ0n) is 12.2. The average molecular weight is 354 g/mol. The van der Waals surface area contributed by atoms with Crippen LogP contribution in [0.15, 0.2) is 53.0 Å². The summed E-state index contributed by atoms with van der Waals surface area (Å²) in [5.41, 5.74) is 2.06. The van der Waals surface area contributed by atoms with Crippen molar-refractivity contribution < 1.29 is 0 Å². The fourth-order valence-electron chi connectivity index (χ4n) is 2.96. The van der Waals surface area contributed by atoms with Crippen molar-refractivity contribution in [1.29, 1.82) is 0 Å². The minimum absolute atomic E-state index is 0.799. The number of fused-ring (bicyclic) bond motifs is 1. The summed E-state index contributed by atoms with van der Waals surface area (Å²) in [7, 11) is 0. The van der Waals surface area contributed by atoms with Crippen molar-refractivity contribution in [2.45, 2.75) is 12.8 Å². The van der Waals surface area contributed by atoms with Crippen LogP contribution in [0.1, 0.15) is 12.8 Å². The van der Waals surface area contributed by atoms with Gasteiger partial charge in [0.05, 0.1) is 5.52 Å². The molecule has 0 unspecified atom stereocenters. The Hall–Kier alpha value is -1.94. The summed E-state index contributed by atoms with van der Waals surface area (Å²) in [6, 6.07) is 16.5. The first kappa shape index (κ1) is 13.7. The Morgan fingerprint density at radius 2 is 1.59 bits per heavy atom. The highest BCUT2D eigenvalue weighted by molar-refractivity contribution is 9.10. The van der Waals surface area contributed by atoms with Gasteiger partial charge in [0.2, 0.25) is 0 Å². The van der Waals surface area contributed by atoms with Crippen LogP contribution in [0.3, 0.4) is 0 Å². The van der Waals surface area contributed by atoms with Crippen LogP contribution < -0.4 is 4.90 Å². The number of hydrogen-bond acceptors (Lipinski definition) is 3. The molecule has 0 atom stereocenters. The van der Waals surface area contributed by atoms with Gasteiger partial charge in [0.15, 0.2) is 5.82 Å². The van der Waals surface area contributed by atoms with Gasteiger partial charge in [-0.1, -0.05) is 40.2 Å². The van der Waals surface area contributed by atoms with Crippen LogP contribution in [0, 0.1) is 0 Å². The summed E-state index contributed by atoms with van der Waals surface area (Å²) in [6.45, 7) is 2.17. The van der Waals surface area contributed by atoms with Gasteiger partial charge in [-0.15, -0.1) is 0 Å². The molecule has 4 heteroatoms. The van der Waals surface area contributed by atoms with Gasteiger partial charge in [-0.05, 0) is 37.1 Å². The second-order valence-electron chi connectivity index (χ2n) is 5.59. The molecule has 0 saturated carbocycles. The Morgan fingerprint density at radius 1 is 0.864 bits per heavy atom. The van der Waals surface area contributed by atoms with Crippen LogP contribution in [-0.2, 0) is 0 Å². The topological polar surface area (TPSA) is 29.0 Å². The van der Waals surface area contributed by atoms with Crippen molar-refractivity contribution in [2.75, 3.05) is 18.0 Å². The van der Waals surface area contributed by atoms with Crippen molar-refractivity contribution in [3.05, 3.63) is 53.0 Å². The van der Waals surface area contributed by atoms with Gasteiger partial charge in [0, 0.05) is 28.5 Å². The van der Waals surface area contributed by atoms with Gasteiger partial charge in [0.25, 0.3) is 0 Å². The van der Waals surface area contributed by atoms with E-state index in [0.29, 0.717) is 0 Å². The number of hydrogen-bond donors (Lipinski definition) is 0. The summed E-state index contributed by atoms with van der Waals surface area (Å²) in [6.07, 6.45) is 2.48. The molecule has 4 rings (SSSR count). The summed E-state index contributed by atoms with van der Waals surface area (Å²) < 4.78 is 1.07. The molecule has 0 amide bonds. The Balaban J connectivity index is 1.90. The molecule has 22 heavy (non-hydrogen) atoms. The highest BCUT2D eigenvalue weighted by Gasteiger charge is 2.18. The number of aromatic nitrogens is 2. The predicted octanol–water partition coefficient (Wildman–Crippen LogP) is 4.66. The van der Waals surface area contributed by atoms with Crippen molar-refractivity contribution in [1.82, 2.24) is 9.97 Å². The van der Waals surface area contributed by atoms with E-state index in [2.05, 4.69) is 51.2 Å². The molecule has 3 aromatic rings. The van der Waals surface area contributed by atoms with Crippen LogP contribution >= 0.6 is 15.9 Å². The first-order valence-electron chi connectivity index (χ1n) is 7.59. The molecule has 0 bridgehead atoms. The molecule has 3 nitrogen and oxygen atoms in total. The molecule has 1 saturated heterocycles. The summed E-state index contributed by atoms with van der Waals surface area (Å²) >= 11 is 3.48. The first-order valence-corrected chi connectivity index (χ1v) is 8.38. The van der Waals surface area contributed by atoms with Crippen LogP contribution in [0.5, 0.6) is 0 Å². The SMILES string of the molecule is Brc1ccc(-c2nc(N3CCCC3)c3ccccc3n2)cc1. The van der Waals surface area contributed by atoms with E-state index in [-0.39, 0.29) is 0 Å². The predicted molar refractivity (Wildman–Crippen MR) is 94.1 cm³/mol. The number of para-hydroxylation sites is 1. The largest absolute Gasteiger partial charge is 0.356 e. The van der Waals surface area contributed by atoms with Crippen LogP contribution in [0.2, 0.25) is 0 Å². The van der Waals surface area contributed by atoms with E-state index >= 15 is 0 Å². The van der Waals surface area contributed by atoms with E-state index in [4.69, 9.17) is 9.97 Å².